The number of rotatable bonds is 6. The Labute approximate surface area is 214 Å². The Kier molecular flexibility index (Phi) is 7.19. The van der Waals surface area contributed by atoms with Crippen molar-refractivity contribution in [2.75, 3.05) is 40.3 Å². The van der Waals surface area contributed by atoms with Gasteiger partial charge in [-0.1, -0.05) is 38.1 Å². The highest BCUT2D eigenvalue weighted by atomic mass is 16.6. The van der Waals surface area contributed by atoms with Gasteiger partial charge >= 0.3 is 6.09 Å². The molecule has 2 aromatic carbocycles. The van der Waals surface area contributed by atoms with Crippen LogP contribution < -0.4 is 4.74 Å². The van der Waals surface area contributed by atoms with Gasteiger partial charge in [-0.2, -0.15) is 0 Å². The number of para-hydroxylation sites is 1. The number of benzene rings is 2. The summed E-state index contributed by atoms with van der Waals surface area (Å²) in [4.78, 5) is 19.9. The molecule has 1 aromatic heterocycles. The van der Waals surface area contributed by atoms with Gasteiger partial charge in [0.05, 0.1) is 12.8 Å². The smallest absolute Gasteiger partial charge is 0.410 e. The van der Waals surface area contributed by atoms with Crippen LogP contribution in [0.2, 0.25) is 0 Å². The van der Waals surface area contributed by atoms with Crippen molar-refractivity contribution in [2.45, 2.75) is 40.2 Å². The largest absolute Gasteiger partial charge is 0.496 e. The lowest BCUT2D eigenvalue weighted by molar-refractivity contribution is 0.0280. The fourth-order valence-corrected chi connectivity index (χ4v) is 4.92. The first-order chi connectivity index (χ1) is 17.0. The average molecular weight is 490 g/mol. The Morgan fingerprint density at radius 3 is 2.58 bits per heavy atom. The summed E-state index contributed by atoms with van der Waals surface area (Å²) in [7, 11) is 3.51. The molecule has 6 nitrogen and oxygen atoms in total. The molecule has 6 heteroatoms. The maximum atomic E-state index is 12.3. The molecule has 0 saturated carbocycles. The van der Waals surface area contributed by atoms with E-state index in [1.165, 1.54) is 16.5 Å². The van der Waals surface area contributed by atoms with Crippen molar-refractivity contribution in [3.05, 3.63) is 60.2 Å². The van der Waals surface area contributed by atoms with Crippen LogP contribution in [0.15, 0.2) is 54.6 Å². The Morgan fingerprint density at radius 2 is 1.89 bits per heavy atom. The van der Waals surface area contributed by atoms with Crippen molar-refractivity contribution in [1.29, 1.82) is 0 Å². The second kappa shape index (κ2) is 10.0. The van der Waals surface area contributed by atoms with E-state index in [1.54, 1.807) is 19.1 Å². The van der Waals surface area contributed by atoms with E-state index in [9.17, 15) is 4.79 Å². The van der Waals surface area contributed by atoms with E-state index >= 15 is 0 Å². The molecule has 1 N–H and O–H groups in total. The number of nitrogens with zero attached hydrogens (tertiary/aromatic N) is 2. The lowest BCUT2D eigenvalue weighted by Crippen LogP contribution is -2.44. The van der Waals surface area contributed by atoms with Crippen LogP contribution in [0.25, 0.3) is 27.7 Å². The predicted molar refractivity (Wildman–Crippen MR) is 147 cm³/mol. The Bertz CT molecular complexity index is 1270. The molecule has 0 aliphatic carbocycles. The number of ether oxygens (including phenoxy) is 2. The highest BCUT2D eigenvalue weighted by Crippen LogP contribution is 2.40. The fraction of sp³-hybridized carbons (Fsp3) is 0.433. The third-order valence-corrected chi connectivity index (χ3v) is 6.69. The van der Waals surface area contributed by atoms with Gasteiger partial charge in [-0.25, -0.2) is 4.79 Å². The molecular weight excluding hydrogens is 450 g/mol. The monoisotopic (exact) mass is 489 g/mol. The molecule has 0 spiro atoms. The van der Waals surface area contributed by atoms with Gasteiger partial charge in [0.2, 0.25) is 0 Å². The van der Waals surface area contributed by atoms with Crippen molar-refractivity contribution in [3.8, 4) is 17.0 Å². The van der Waals surface area contributed by atoms with Crippen LogP contribution >= 0.6 is 0 Å². The first-order valence-corrected chi connectivity index (χ1v) is 12.6. The van der Waals surface area contributed by atoms with Crippen molar-refractivity contribution in [3.63, 3.8) is 0 Å². The third-order valence-electron chi connectivity index (χ3n) is 6.69. The molecule has 0 saturated heterocycles. The summed E-state index contributed by atoms with van der Waals surface area (Å²) in [5, 5.41) is 1.19. The highest BCUT2D eigenvalue weighted by molar-refractivity contribution is 5.90. The first-order valence-electron chi connectivity index (χ1n) is 12.6. The Hall–Kier alpha value is -3.25. The van der Waals surface area contributed by atoms with Gasteiger partial charge in [0.1, 0.15) is 11.4 Å². The summed E-state index contributed by atoms with van der Waals surface area (Å²) in [6, 6.07) is 16.9. The van der Waals surface area contributed by atoms with Crippen LogP contribution in [0, 0.1) is 5.41 Å². The second-order valence-electron chi connectivity index (χ2n) is 11.3. The predicted octanol–water partition coefficient (Wildman–Crippen LogP) is 6.44. The number of nitrogens with one attached hydrogen (secondary N) is 1. The zero-order valence-corrected chi connectivity index (χ0v) is 22.6. The number of carbonyl (C=O) groups is 1. The lowest BCUT2D eigenvalue weighted by atomic mass is 9.77. The number of amides is 1. The van der Waals surface area contributed by atoms with Gasteiger partial charge in [0.15, 0.2) is 0 Å². The maximum Gasteiger partial charge on any atom is 0.410 e. The van der Waals surface area contributed by atoms with Crippen molar-refractivity contribution in [1.82, 2.24) is 14.8 Å². The Morgan fingerprint density at radius 1 is 1.14 bits per heavy atom. The number of likely N-dealkylation sites (N-methyl/N-ethyl adjacent to an activating group) is 1. The number of H-pyrrole nitrogens is 1. The maximum absolute atomic E-state index is 12.3. The molecule has 2 heterocycles. The summed E-state index contributed by atoms with van der Waals surface area (Å²) in [6.07, 6.45) is 2.06. The average Bonchev–Trinajstić information content (AvgIpc) is 3.24. The highest BCUT2D eigenvalue weighted by Gasteiger charge is 2.31. The molecule has 0 unspecified atom stereocenters. The number of fused-ring (bicyclic) bond motifs is 1. The quantitative estimate of drug-likeness (QED) is 0.433. The van der Waals surface area contributed by atoms with E-state index in [0.717, 1.165) is 42.2 Å². The van der Waals surface area contributed by atoms with Crippen LogP contribution in [0.5, 0.6) is 5.75 Å². The number of aromatic nitrogens is 1. The molecule has 0 bridgehead atoms. The van der Waals surface area contributed by atoms with Crippen LogP contribution in [-0.2, 0) is 4.74 Å². The molecule has 1 amide bonds. The van der Waals surface area contributed by atoms with Gasteiger partial charge in [-0.05, 0) is 62.2 Å². The molecule has 0 fully saturated rings. The minimum atomic E-state index is -0.482. The van der Waals surface area contributed by atoms with Gasteiger partial charge in [-0.15, -0.1) is 0 Å². The number of aromatic amines is 1. The minimum Gasteiger partial charge on any atom is -0.496 e. The number of hydrogen-bond acceptors (Lipinski definition) is 4. The third kappa shape index (κ3) is 5.76. The number of carbonyl (C=O) groups excluding carboxylic acids is 1. The molecule has 0 radical (unpaired) electrons. The summed E-state index contributed by atoms with van der Waals surface area (Å²) >= 11 is 0. The molecular formula is C30H39N3O3. The Balaban J connectivity index is 1.49. The summed E-state index contributed by atoms with van der Waals surface area (Å²) in [5.41, 5.74) is 5.34. The van der Waals surface area contributed by atoms with E-state index in [2.05, 4.69) is 60.1 Å². The van der Waals surface area contributed by atoms with E-state index in [0.29, 0.717) is 6.54 Å². The molecule has 1 aliphatic heterocycles. The van der Waals surface area contributed by atoms with Crippen molar-refractivity contribution < 1.29 is 14.3 Å². The van der Waals surface area contributed by atoms with Gasteiger partial charge in [-0.3, -0.25) is 4.90 Å². The summed E-state index contributed by atoms with van der Waals surface area (Å²) in [6.45, 7) is 13.5. The summed E-state index contributed by atoms with van der Waals surface area (Å²) < 4.78 is 11.0. The van der Waals surface area contributed by atoms with Crippen LogP contribution in [0.1, 0.15) is 40.2 Å². The van der Waals surface area contributed by atoms with Crippen LogP contribution in [0.3, 0.4) is 0 Å². The van der Waals surface area contributed by atoms with E-state index in [-0.39, 0.29) is 11.5 Å². The zero-order valence-electron chi connectivity index (χ0n) is 22.6. The number of hydrogen-bond donors (Lipinski definition) is 1. The minimum absolute atomic E-state index is 0.0157. The summed E-state index contributed by atoms with van der Waals surface area (Å²) in [5.74, 6) is 0.859. The van der Waals surface area contributed by atoms with Crippen molar-refractivity contribution >= 4 is 22.6 Å². The van der Waals surface area contributed by atoms with Gasteiger partial charge < -0.3 is 19.4 Å². The molecule has 3 aromatic rings. The molecule has 192 valence electrons. The van der Waals surface area contributed by atoms with E-state index in [1.807, 2.05) is 39.0 Å². The fourth-order valence-electron chi connectivity index (χ4n) is 4.92. The SMILES string of the molecule is COc1ccccc1-c1cc2cc(C3=CCN(CCN(C)C(=O)OC(C)(C)C)CC3(C)C)ccc2[nH]1. The lowest BCUT2D eigenvalue weighted by Gasteiger charge is -2.39. The van der Waals surface area contributed by atoms with Gasteiger partial charge in [0.25, 0.3) is 0 Å². The van der Waals surface area contributed by atoms with Crippen LogP contribution in [0.4, 0.5) is 4.79 Å². The normalized spacial score (nSPS) is 16.0. The van der Waals surface area contributed by atoms with Gasteiger partial charge in [0, 0.05) is 55.1 Å². The second-order valence-corrected chi connectivity index (χ2v) is 11.3. The van der Waals surface area contributed by atoms with E-state index < -0.39 is 5.60 Å². The number of methoxy groups -OCH3 is 1. The first kappa shape index (κ1) is 25.8. The molecule has 4 rings (SSSR count). The van der Waals surface area contributed by atoms with E-state index in [4.69, 9.17) is 9.47 Å². The molecule has 1 aliphatic rings. The molecule has 36 heavy (non-hydrogen) atoms. The van der Waals surface area contributed by atoms with Crippen LogP contribution in [-0.4, -0.2) is 66.8 Å². The topological polar surface area (TPSA) is 57.8 Å². The standard InChI is InChI=1S/C30H39N3O3/c1-29(2,3)36-28(34)32(6)16-17-33-15-14-24(30(4,5)20-33)21-12-13-25-22(18-21)19-26(31-25)23-10-8-9-11-27(23)35-7/h8-14,18-19,31H,15-17,20H2,1-7H3. The zero-order chi connectivity index (χ0) is 26.1. The van der Waals surface area contributed by atoms with Crippen molar-refractivity contribution in [2.24, 2.45) is 5.41 Å². The molecule has 0 atom stereocenters.